The van der Waals surface area contributed by atoms with Crippen molar-refractivity contribution in [3.63, 3.8) is 0 Å². The van der Waals surface area contributed by atoms with E-state index in [2.05, 4.69) is 10.6 Å². The summed E-state index contributed by atoms with van der Waals surface area (Å²) < 4.78 is 5.13. The minimum atomic E-state index is -0.761. The molecule has 0 spiro atoms. The van der Waals surface area contributed by atoms with E-state index in [0.717, 1.165) is 10.4 Å². The van der Waals surface area contributed by atoms with Gasteiger partial charge in [0, 0.05) is 4.88 Å². The second-order valence-corrected chi connectivity index (χ2v) is 7.88. The van der Waals surface area contributed by atoms with Crippen LogP contribution in [0.4, 0.5) is 10.5 Å². The lowest BCUT2D eigenvalue weighted by atomic mass is 10.1. The van der Waals surface area contributed by atoms with Gasteiger partial charge in [0.25, 0.3) is 0 Å². The quantitative estimate of drug-likeness (QED) is 0.791. The summed E-state index contributed by atoms with van der Waals surface area (Å²) >= 11 is 7.88. The highest BCUT2D eigenvalue weighted by molar-refractivity contribution is 7.13. The van der Waals surface area contributed by atoms with Gasteiger partial charge >= 0.3 is 6.09 Å². The fourth-order valence-electron chi connectivity index (χ4n) is 2.00. The molecule has 1 aromatic carbocycles. The third-order valence-corrected chi connectivity index (χ3v) is 4.39. The highest BCUT2D eigenvalue weighted by Gasteiger charge is 2.21. The Kier molecular flexibility index (Phi) is 6.08. The van der Waals surface area contributed by atoms with Crippen LogP contribution in [0.25, 0.3) is 10.4 Å². The summed E-state index contributed by atoms with van der Waals surface area (Å²) in [6.07, 6.45) is -0.644. The molecule has 1 unspecified atom stereocenters. The number of carbonyl (C=O) groups is 2. The SMILES string of the molecule is CC(NC(=O)OC(C)(C)C)C(=O)Nc1ccc(-c2cccs2)cc1Cl. The van der Waals surface area contributed by atoms with Crippen molar-refractivity contribution in [2.24, 2.45) is 0 Å². The summed E-state index contributed by atoms with van der Waals surface area (Å²) in [7, 11) is 0. The summed E-state index contributed by atoms with van der Waals surface area (Å²) in [4.78, 5) is 25.1. The molecule has 0 fully saturated rings. The zero-order valence-electron chi connectivity index (χ0n) is 14.6. The summed E-state index contributed by atoms with van der Waals surface area (Å²) in [5.41, 5.74) is 0.851. The molecule has 2 aromatic rings. The number of rotatable bonds is 4. The molecule has 25 heavy (non-hydrogen) atoms. The second-order valence-electron chi connectivity index (χ2n) is 6.53. The van der Waals surface area contributed by atoms with Crippen molar-refractivity contribution < 1.29 is 14.3 Å². The summed E-state index contributed by atoms with van der Waals surface area (Å²) in [6.45, 7) is 6.85. The Morgan fingerprint density at radius 3 is 2.52 bits per heavy atom. The van der Waals surface area contributed by atoms with Gasteiger partial charge in [-0.25, -0.2) is 4.79 Å². The Balaban J connectivity index is 1.99. The van der Waals surface area contributed by atoms with Crippen LogP contribution in [0.3, 0.4) is 0 Å². The van der Waals surface area contributed by atoms with E-state index < -0.39 is 17.7 Å². The first-order valence-corrected chi connectivity index (χ1v) is 9.05. The van der Waals surface area contributed by atoms with Crippen LogP contribution in [0.1, 0.15) is 27.7 Å². The van der Waals surface area contributed by atoms with E-state index in [-0.39, 0.29) is 5.91 Å². The highest BCUT2D eigenvalue weighted by Crippen LogP contribution is 2.31. The molecule has 0 aliphatic heterocycles. The van der Waals surface area contributed by atoms with E-state index in [9.17, 15) is 9.59 Å². The van der Waals surface area contributed by atoms with E-state index in [1.165, 1.54) is 0 Å². The third-order valence-electron chi connectivity index (χ3n) is 3.16. The molecule has 0 radical (unpaired) electrons. The minimum Gasteiger partial charge on any atom is -0.444 e. The number of ether oxygens (including phenoxy) is 1. The van der Waals surface area contributed by atoms with Crippen molar-refractivity contribution in [3.8, 4) is 10.4 Å². The molecule has 1 aromatic heterocycles. The van der Waals surface area contributed by atoms with Crippen LogP contribution in [0.15, 0.2) is 35.7 Å². The van der Waals surface area contributed by atoms with Crippen molar-refractivity contribution in [2.45, 2.75) is 39.3 Å². The number of hydrogen-bond acceptors (Lipinski definition) is 4. The summed E-state index contributed by atoms with van der Waals surface area (Å²) in [5, 5.41) is 7.63. The largest absolute Gasteiger partial charge is 0.444 e. The maximum Gasteiger partial charge on any atom is 0.408 e. The number of halogens is 1. The Morgan fingerprint density at radius 1 is 1.24 bits per heavy atom. The lowest BCUT2D eigenvalue weighted by Gasteiger charge is -2.21. The first-order valence-electron chi connectivity index (χ1n) is 7.79. The fourth-order valence-corrected chi connectivity index (χ4v) is 2.96. The Bertz CT molecular complexity index is 754. The average molecular weight is 381 g/mol. The molecule has 1 heterocycles. The zero-order chi connectivity index (χ0) is 18.6. The minimum absolute atomic E-state index is 0.378. The molecule has 134 valence electrons. The molecular formula is C18H21ClN2O3S. The van der Waals surface area contributed by atoms with Crippen LogP contribution in [0, 0.1) is 0 Å². The number of hydrogen-bond donors (Lipinski definition) is 2. The smallest absolute Gasteiger partial charge is 0.408 e. The van der Waals surface area contributed by atoms with Crippen molar-refractivity contribution in [2.75, 3.05) is 5.32 Å². The van der Waals surface area contributed by atoms with Crippen LogP contribution in [0.5, 0.6) is 0 Å². The predicted octanol–water partition coefficient (Wildman–Crippen LogP) is 4.92. The molecule has 2 rings (SSSR count). The number of amides is 2. The third kappa shape index (κ3) is 5.76. The first kappa shape index (κ1) is 19.3. The van der Waals surface area contributed by atoms with Gasteiger partial charge in [-0.1, -0.05) is 23.7 Å². The number of carbonyl (C=O) groups excluding carboxylic acids is 2. The molecule has 0 saturated carbocycles. The van der Waals surface area contributed by atoms with Gasteiger partial charge < -0.3 is 15.4 Å². The normalized spacial score (nSPS) is 12.4. The van der Waals surface area contributed by atoms with Crippen LogP contribution in [-0.2, 0) is 9.53 Å². The van der Waals surface area contributed by atoms with E-state index in [1.807, 2.05) is 23.6 Å². The number of alkyl carbamates (subject to hydrolysis) is 1. The molecule has 2 amide bonds. The van der Waals surface area contributed by atoms with E-state index >= 15 is 0 Å². The van der Waals surface area contributed by atoms with Crippen LogP contribution in [0.2, 0.25) is 5.02 Å². The molecule has 0 aliphatic carbocycles. The molecular weight excluding hydrogens is 360 g/mol. The molecule has 0 bridgehead atoms. The Hall–Kier alpha value is -2.05. The standard InChI is InChI=1S/C18H21ClN2O3S/c1-11(20-17(23)24-18(2,3)4)16(22)21-14-8-7-12(10-13(14)19)15-6-5-9-25-15/h5-11H,1-4H3,(H,20,23)(H,21,22). The van der Waals surface area contributed by atoms with Gasteiger partial charge in [0.1, 0.15) is 11.6 Å². The van der Waals surface area contributed by atoms with Crippen LogP contribution >= 0.6 is 22.9 Å². The maximum absolute atomic E-state index is 12.2. The monoisotopic (exact) mass is 380 g/mol. The molecule has 1 atom stereocenters. The molecule has 7 heteroatoms. The fraction of sp³-hybridized carbons (Fsp3) is 0.333. The van der Waals surface area contributed by atoms with Crippen molar-refractivity contribution in [3.05, 3.63) is 40.7 Å². The van der Waals surface area contributed by atoms with Crippen LogP contribution in [-0.4, -0.2) is 23.6 Å². The van der Waals surface area contributed by atoms with E-state index in [1.54, 1.807) is 51.2 Å². The highest BCUT2D eigenvalue weighted by atomic mass is 35.5. The summed E-state index contributed by atoms with van der Waals surface area (Å²) in [5.74, 6) is -0.378. The Morgan fingerprint density at radius 2 is 1.96 bits per heavy atom. The molecule has 2 N–H and O–H groups in total. The lowest BCUT2D eigenvalue weighted by molar-refractivity contribution is -0.117. The van der Waals surface area contributed by atoms with Crippen LogP contribution < -0.4 is 10.6 Å². The van der Waals surface area contributed by atoms with E-state index in [0.29, 0.717) is 10.7 Å². The van der Waals surface area contributed by atoms with Crippen molar-refractivity contribution in [1.82, 2.24) is 5.32 Å². The lowest BCUT2D eigenvalue weighted by Crippen LogP contribution is -2.44. The van der Waals surface area contributed by atoms with Gasteiger partial charge in [0.05, 0.1) is 10.7 Å². The van der Waals surface area contributed by atoms with Gasteiger partial charge in [-0.05, 0) is 56.8 Å². The predicted molar refractivity (Wildman–Crippen MR) is 102 cm³/mol. The van der Waals surface area contributed by atoms with Gasteiger partial charge in [0.2, 0.25) is 5.91 Å². The maximum atomic E-state index is 12.2. The zero-order valence-corrected chi connectivity index (χ0v) is 16.1. The van der Waals surface area contributed by atoms with Gasteiger partial charge in [-0.3, -0.25) is 4.79 Å². The Labute approximate surface area is 156 Å². The van der Waals surface area contributed by atoms with Gasteiger partial charge in [-0.2, -0.15) is 0 Å². The van der Waals surface area contributed by atoms with Gasteiger partial charge in [0.15, 0.2) is 0 Å². The van der Waals surface area contributed by atoms with Crippen molar-refractivity contribution in [1.29, 1.82) is 0 Å². The summed E-state index contributed by atoms with van der Waals surface area (Å²) in [6, 6.07) is 8.64. The topological polar surface area (TPSA) is 67.4 Å². The van der Waals surface area contributed by atoms with Gasteiger partial charge in [-0.15, -0.1) is 11.3 Å². The molecule has 0 saturated heterocycles. The molecule has 5 nitrogen and oxygen atoms in total. The average Bonchev–Trinajstić information content (AvgIpc) is 3.01. The van der Waals surface area contributed by atoms with Crippen molar-refractivity contribution >= 4 is 40.6 Å². The number of benzene rings is 1. The first-order chi connectivity index (χ1) is 11.7. The molecule has 0 aliphatic rings. The number of nitrogens with one attached hydrogen (secondary N) is 2. The van der Waals surface area contributed by atoms with E-state index in [4.69, 9.17) is 16.3 Å². The second kappa shape index (κ2) is 7.89. The number of thiophene rings is 1. The number of anilines is 1.